The maximum Gasteiger partial charge on any atom is 0.342 e. The summed E-state index contributed by atoms with van der Waals surface area (Å²) in [6.07, 6.45) is 1.38. The van der Waals surface area contributed by atoms with Gasteiger partial charge in [-0.3, -0.25) is 5.43 Å². The number of carbonyl (C=O) groups excluding carboxylic acids is 1. The lowest BCUT2D eigenvalue weighted by Crippen LogP contribution is -2.37. The highest BCUT2D eigenvalue weighted by Gasteiger charge is 1.87. The molecular formula is C2H4N4O. The van der Waals surface area contributed by atoms with Gasteiger partial charge in [0.05, 0.1) is 0 Å². The fourth-order valence-corrected chi connectivity index (χ4v) is 0.0869. The van der Waals surface area contributed by atoms with Gasteiger partial charge in [0.1, 0.15) is 0 Å². The molecule has 0 radical (unpaired) electrons. The van der Waals surface area contributed by atoms with Crippen molar-refractivity contribution in [3.05, 3.63) is 0 Å². The van der Waals surface area contributed by atoms with Crippen LogP contribution in [-0.4, -0.2) is 6.03 Å². The number of nitrogens with one attached hydrogen (secondary N) is 2. The molecule has 7 heavy (non-hydrogen) atoms. The lowest BCUT2D eigenvalue weighted by Gasteiger charge is -1.88. The van der Waals surface area contributed by atoms with Crippen LogP contribution in [0.15, 0.2) is 0 Å². The van der Waals surface area contributed by atoms with Crippen LogP contribution in [0.25, 0.3) is 0 Å². The Morgan fingerprint density at radius 1 is 1.86 bits per heavy atom. The number of hydrogen-bond acceptors (Lipinski definition) is 3. The van der Waals surface area contributed by atoms with E-state index in [1.165, 1.54) is 6.19 Å². The van der Waals surface area contributed by atoms with E-state index < -0.39 is 6.03 Å². The van der Waals surface area contributed by atoms with Crippen molar-refractivity contribution in [1.29, 1.82) is 5.26 Å². The van der Waals surface area contributed by atoms with Crippen LogP contribution in [0.2, 0.25) is 0 Å². The smallest absolute Gasteiger partial charge is 0.275 e. The highest BCUT2D eigenvalue weighted by atomic mass is 16.2. The van der Waals surface area contributed by atoms with Crippen molar-refractivity contribution < 1.29 is 4.79 Å². The number of rotatable bonds is 0. The third kappa shape index (κ3) is 2.52. The number of nitrogens with zero attached hydrogens (tertiary/aromatic N) is 1. The molecule has 0 saturated carbocycles. The second-order valence-corrected chi connectivity index (χ2v) is 0.710. The van der Waals surface area contributed by atoms with Crippen LogP contribution in [0, 0.1) is 11.5 Å². The van der Waals surface area contributed by atoms with Crippen molar-refractivity contribution in [3.8, 4) is 6.19 Å². The molecule has 0 aromatic heterocycles. The molecular weight excluding hydrogens is 96.0 g/mol. The molecule has 0 aromatic rings. The number of amides is 2. The van der Waals surface area contributed by atoms with Gasteiger partial charge in [0, 0.05) is 0 Å². The second-order valence-electron chi connectivity index (χ2n) is 0.710. The summed E-state index contributed by atoms with van der Waals surface area (Å²) in [5.41, 5.74) is 1.69. The van der Waals surface area contributed by atoms with Gasteiger partial charge in [-0.1, -0.05) is 0 Å². The molecule has 38 valence electrons. The first-order valence-corrected chi connectivity index (χ1v) is 1.47. The van der Waals surface area contributed by atoms with E-state index in [1.807, 2.05) is 0 Å². The number of urea groups is 1. The summed E-state index contributed by atoms with van der Waals surface area (Å²) in [5, 5.41) is 9.42. The minimum atomic E-state index is -0.706. The normalized spacial score (nSPS) is 6.29. The topological polar surface area (TPSA) is 90.9 Å². The van der Waals surface area contributed by atoms with Crippen LogP contribution < -0.4 is 16.6 Å². The molecule has 5 nitrogen and oxygen atoms in total. The Kier molecular flexibility index (Phi) is 2.40. The van der Waals surface area contributed by atoms with Crippen molar-refractivity contribution in [3.63, 3.8) is 0 Å². The maximum atomic E-state index is 9.84. The molecule has 0 fully saturated rings. The predicted molar refractivity (Wildman–Crippen MR) is 21.5 cm³/mol. The Hall–Kier alpha value is -1.28. The third-order valence-electron chi connectivity index (χ3n) is 0.301. The zero-order valence-corrected chi connectivity index (χ0v) is 3.43. The SMILES string of the molecule is N#CNC(=O)NN. The molecule has 2 amide bonds. The predicted octanol–water partition coefficient (Wildman–Crippen LogP) is -1.36. The molecule has 0 unspecified atom stereocenters. The van der Waals surface area contributed by atoms with E-state index in [0.717, 1.165) is 0 Å². The van der Waals surface area contributed by atoms with Crippen molar-refractivity contribution in [2.24, 2.45) is 5.84 Å². The Morgan fingerprint density at radius 3 is 2.57 bits per heavy atom. The number of nitrogens with two attached hydrogens (primary N) is 1. The third-order valence-corrected chi connectivity index (χ3v) is 0.301. The summed E-state index contributed by atoms with van der Waals surface area (Å²) in [6, 6.07) is -0.706. The molecule has 0 heterocycles. The van der Waals surface area contributed by atoms with E-state index in [1.54, 1.807) is 10.7 Å². The molecule has 0 saturated heterocycles. The summed E-state index contributed by atoms with van der Waals surface area (Å²) >= 11 is 0. The van der Waals surface area contributed by atoms with Gasteiger partial charge in [0.2, 0.25) is 0 Å². The largest absolute Gasteiger partial charge is 0.342 e. The molecule has 0 aliphatic carbocycles. The summed E-state index contributed by atoms with van der Waals surface area (Å²) in [5.74, 6) is 4.54. The molecule has 0 aliphatic rings. The van der Waals surface area contributed by atoms with Crippen molar-refractivity contribution in [2.45, 2.75) is 0 Å². The molecule has 0 spiro atoms. The maximum absolute atomic E-state index is 9.84. The molecule has 0 rings (SSSR count). The van der Waals surface area contributed by atoms with E-state index in [-0.39, 0.29) is 0 Å². The van der Waals surface area contributed by atoms with Crippen LogP contribution in [0.1, 0.15) is 0 Å². The minimum absolute atomic E-state index is 0.706. The molecule has 0 bridgehead atoms. The zero-order chi connectivity index (χ0) is 5.70. The number of nitriles is 1. The van der Waals surface area contributed by atoms with Crippen LogP contribution in [0.3, 0.4) is 0 Å². The van der Waals surface area contributed by atoms with Crippen LogP contribution in [0.5, 0.6) is 0 Å². The van der Waals surface area contributed by atoms with Gasteiger partial charge in [0.15, 0.2) is 6.19 Å². The van der Waals surface area contributed by atoms with E-state index in [9.17, 15) is 4.79 Å². The van der Waals surface area contributed by atoms with E-state index in [2.05, 4.69) is 5.84 Å². The number of hydrazine groups is 1. The fourth-order valence-electron chi connectivity index (χ4n) is 0.0869. The van der Waals surface area contributed by atoms with Crippen molar-refractivity contribution in [2.75, 3.05) is 0 Å². The van der Waals surface area contributed by atoms with E-state index in [4.69, 9.17) is 5.26 Å². The minimum Gasteiger partial charge on any atom is -0.275 e. The quantitative estimate of drug-likeness (QED) is 0.115. The van der Waals surface area contributed by atoms with Gasteiger partial charge in [-0.05, 0) is 0 Å². The van der Waals surface area contributed by atoms with Gasteiger partial charge < -0.3 is 0 Å². The number of carbonyl (C=O) groups is 1. The molecule has 0 aromatic carbocycles. The molecule has 0 atom stereocenters. The Labute approximate surface area is 40.1 Å². The summed E-state index contributed by atoms with van der Waals surface area (Å²) < 4.78 is 0. The van der Waals surface area contributed by atoms with Crippen molar-refractivity contribution >= 4 is 6.03 Å². The van der Waals surface area contributed by atoms with E-state index in [0.29, 0.717) is 0 Å². The lowest BCUT2D eigenvalue weighted by molar-refractivity contribution is 0.245. The Balaban J connectivity index is 3.23. The Bertz CT molecular complexity index is 103. The van der Waals surface area contributed by atoms with Gasteiger partial charge in [-0.15, -0.1) is 0 Å². The molecule has 0 aliphatic heterocycles. The first-order chi connectivity index (χ1) is 3.31. The van der Waals surface area contributed by atoms with Crippen LogP contribution in [-0.2, 0) is 0 Å². The average molecular weight is 100 g/mol. The second kappa shape index (κ2) is 2.93. The highest BCUT2D eigenvalue weighted by molar-refractivity contribution is 5.74. The summed E-state index contributed by atoms with van der Waals surface area (Å²) in [6.45, 7) is 0. The van der Waals surface area contributed by atoms with E-state index >= 15 is 0 Å². The summed E-state index contributed by atoms with van der Waals surface area (Å²) in [4.78, 5) is 9.84. The molecule has 4 N–H and O–H groups in total. The number of hydrogen-bond donors (Lipinski definition) is 3. The first kappa shape index (κ1) is 5.72. The van der Waals surface area contributed by atoms with Gasteiger partial charge in [0.25, 0.3) is 0 Å². The zero-order valence-electron chi connectivity index (χ0n) is 3.43. The summed E-state index contributed by atoms with van der Waals surface area (Å²) in [7, 11) is 0. The fraction of sp³-hybridized carbons (Fsp3) is 0. The van der Waals surface area contributed by atoms with Crippen LogP contribution in [0.4, 0.5) is 4.79 Å². The van der Waals surface area contributed by atoms with Gasteiger partial charge >= 0.3 is 6.03 Å². The standard InChI is InChI=1S/C2H4N4O/c3-1-5-2(7)6-4/h4H2,(H2,5,6,7). The van der Waals surface area contributed by atoms with Crippen molar-refractivity contribution in [1.82, 2.24) is 10.7 Å². The average Bonchev–Trinajstić information content (AvgIpc) is 1.68. The lowest BCUT2D eigenvalue weighted by atomic mass is 11.0. The highest BCUT2D eigenvalue weighted by Crippen LogP contribution is 1.49. The Morgan fingerprint density at radius 2 is 2.43 bits per heavy atom. The van der Waals surface area contributed by atoms with Gasteiger partial charge in [-0.2, -0.15) is 5.26 Å². The van der Waals surface area contributed by atoms with Crippen LogP contribution >= 0.6 is 0 Å². The monoisotopic (exact) mass is 100 g/mol. The molecule has 5 heteroatoms. The van der Waals surface area contributed by atoms with Gasteiger partial charge in [-0.25, -0.2) is 16.0 Å². The first-order valence-electron chi connectivity index (χ1n) is 1.47.